The van der Waals surface area contributed by atoms with E-state index in [-0.39, 0.29) is 6.04 Å². The zero-order valence-corrected chi connectivity index (χ0v) is 13.0. The number of nitrogens with zero attached hydrogens (tertiary/aromatic N) is 2. The lowest BCUT2D eigenvalue weighted by atomic mass is 10.2. The predicted octanol–water partition coefficient (Wildman–Crippen LogP) is 2.77. The monoisotopic (exact) mass is 318 g/mol. The molecule has 1 aromatic carbocycles. The van der Waals surface area contributed by atoms with Crippen LogP contribution in [0.25, 0.3) is 0 Å². The van der Waals surface area contributed by atoms with Crippen LogP contribution in [-0.4, -0.2) is 33.5 Å². The Balaban J connectivity index is 1.56. The Morgan fingerprint density at radius 1 is 1.41 bits per heavy atom. The van der Waals surface area contributed by atoms with Gasteiger partial charge in [-0.2, -0.15) is 0 Å². The van der Waals surface area contributed by atoms with Gasteiger partial charge in [0.15, 0.2) is 0 Å². The van der Waals surface area contributed by atoms with E-state index in [9.17, 15) is 9.90 Å². The number of hydrogen-bond donors (Lipinski definition) is 1. The molecule has 3 rings (SSSR count). The summed E-state index contributed by atoms with van der Waals surface area (Å²) in [6.45, 7) is 1.86. The summed E-state index contributed by atoms with van der Waals surface area (Å²) in [6.07, 6.45) is 1.66. The SMILES string of the molecule is O=C(O)[C@H]1CCCN1Cc1csc(COc2ccccc2)n1. The van der Waals surface area contributed by atoms with Gasteiger partial charge in [-0.1, -0.05) is 18.2 Å². The van der Waals surface area contributed by atoms with Crippen molar-refractivity contribution in [2.75, 3.05) is 6.54 Å². The topological polar surface area (TPSA) is 62.7 Å². The fourth-order valence-corrected chi connectivity index (χ4v) is 3.35. The number of carboxylic acids is 1. The maximum absolute atomic E-state index is 11.2. The molecule has 22 heavy (non-hydrogen) atoms. The number of carboxylic acid groups (broad SMARTS) is 1. The highest BCUT2D eigenvalue weighted by Crippen LogP contribution is 2.21. The normalized spacial score (nSPS) is 18.5. The largest absolute Gasteiger partial charge is 0.486 e. The molecule has 2 heterocycles. The fraction of sp³-hybridized carbons (Fsp3) is 0.375. The number of benzene rings is 1. The summed E-state index contributed by atoms with van der Waals surface area (Å²) in [5, 5.41) is 12.1. The van der Waals surface area contributed by atoms with E-state index < -0.39 is 5.97 Å². The maximum atomic E-state index is 11.2. The molecule has 0 aliphatic carbocycles. The summed E-state index contributed by atoms with van der Waals surface area (Å²) in [5.74, 6) is 0.0881. The van der Waals surface area contributed by atoms with Gasteiger partial charge in [-0.15, -0.1) is 11.3 Å². The van der Waals surface area contributed by atoms with Gasteiger partial charge in [0.2, 0.25) is 0 Å². The minimum atomic E-state index is -0.736. The van der Waals surface area contributed by atoms with Gasteiger partial charge in [-0.3, -0.25) is 9.69 Å². The smallest absolute Gasteiger partial charge is 0.320 e. The minimum Gasteiger partial charge on any atom is -0.486 e. The lowest BCUT2D eigenvalue weighted by molar-refractivity contribution is -0.142. The van der Waals surface area contributed by atoms with E-state index in [1.165, 1.54) is 0 Å². The molecule has 1 aromatic heterocycles. The average Bonchev–Trinajstić information content (AvgIpc) is 3.16. The lowest BCUT2D eigenvalue weighted by Crippen LogP contribution is -2.35. The van der Waals surface area contributed by atoms with Crippen LogP contribution in [0.5, 0.6) is 5.75 Å². The van der Waals surface area contributed by atoms with Gasteiger partial charge in [0.25, 0.3) is 0 Å². The highest BCUT2D eigenvalue weighted by molar-refractivity contribution is 7.09. The third-order valence-electron chi connectivity index (χ3n) is 3.72. The molecule has 6 heteroatoms. The van der Waals surface area contributed by atoms with Crippen LogP contribution >= 0.6 is 11.3 Å². The molecule has 5 nitrogen and oxygen atoms in total. The average molecular weight is 318 g/mol. The molecule has 2 aromatic rings. The van der Waals surface area contributed by atoms with Crippen molar-refractivity contribution < 1.29 is 14.6 Å². The Labute approximate surface area is 133 Å². The van der Waals surface area contributed by atoms with Crippen molar-refractivity contribution in [2.45, 2.75) is 32.0 Å². The number of para-hydroxylation sites is 1. The van der Waals surface area contributed by atoms with Gasteiger partial charge in [-0.05, 0) is 31.5 Å². The van der Waals surface area contributed by atoms with Gasteiger partial charge in [0.1, 0.15) is 23.4 Å². The minimum absolute atomic E-state index is 0.370. The molecule has 1 aliphatic heterocycles. The number of hydrogen-bond acceptors (Lipinski definition) is 5. The van der Waals surface area contributed by atoms with E-state index in [1.807, 2.05) is 40.6 Å². The molecule has 0 radical (unpaired) electrons. The van der Waals surface area contributed by atoms with Crippen molar-refractivity contribution in [2.24, 2.45) is 0 Å². The van der Waals surface area contributed by atoms with Crippen LogP contribution in [0.3, 0.4) is 0 Å². The maximum Gasteiger partial charge on any atom is 0.320 e. The Morgan fingerprint density at radius 2 is 2.23 bits per heavy atom. The predicted molar refractivity (Wildman–Crippen MR) is 84.0 cm³/mol. The highest BCUT2D eigenvalue weighted by atomic mass is 32.1. The first-order valence-corrected chi connectivity index (χ1v) is 8.18. The summed E-state index contributed by atoms with van der Waals surface area (Å²) in [4.78, 5) is 17.7. The molecule has 0 saturated carbocycles. The molecule has 1 saturated heterocycles. The molecular weight excluding hydrogens is 300 g/mol. The van der Waals surface area contributed by atoms with Gasteiger partial charge in [-0.25, -0.2) is 4.98 Å². The Kier molecular flexibility index (Phi) is 4.70. The molecule has 1 atom stereocenters. The molecule has 0 spiro atoms. The second-order valence-electron chi connectivity index (χ2n) is 5.30. The number of aromatic nitrogens is 1. The van der Waals surface area contributed by atoms with E-state index in [0.717, 1.165) is 35.8 Å². The summed E-state index contributed by atoms with van der Waals surface area (Å²) in [6, 6.07) is 9.27. The third-order valence-corrected chi connectivity index (χ3v) is 4.59. The van der Waals surface area contributed by atoms with Crippen LogP contribution in [0, 0.1) is 0 Å². The molecule has 1 N–H and O–H groups in total. The summed E-state index contributed by atoms with van der Waals surface area (Å²) >= 11 is 1.55. The number of rotatable bonds is 6. The van der Waals surface area contributed by atoms with Crippen molar-refractivity contribution >= 4 is 17.3 Å². The number of ether oxygens (including phenoxy) is 1. The van der Waals surface area contributed by atoms with Crippen LogP contribution in [0.1, 0.15) is 23.5 Å². The van der Waals surface area contributed by atoms with Gasteiger partial charge in [0, 0.05) is 11.9 Å². The summed E-state index contributed by atoms with van der Waals surface area (Å²) < 4.78 is 5.67. The first-order chi connectivity index (χ1) is 10.7. The number of carbonyl (C=O) groups is 1. The second-order valence-corrected chi connectivity index (χ2v) is 6.24. The molecule has 1 aliphatic rings. The van der Waals surface area contributed by atoms with Crippen molar-refractivity contribution in [3.8, 4) is 5.75 Å². The Morgan fingerprint density at radius 3 is 3.00 bits per heavy atom. The molecule has 116 valence electrons. The Bertz CT molecular complexity index is 629. The first-order valence-electron chi connectivity index (χ1n) is 7.30. The molecule has 0 unspecified atom stereocenters. The number of likely N-dealkylation sites (tertiary alicyclic amines) is 1. The molecule has 0 amide bonds. The quantitative estimate of drug-likeness (QED) is 0.887. The van der Waals surface area contributed by atoms with Crippen molar-refractivity contribution in [3.05, 3.63) is 46.4 Å². The zero-order chi connectivity index (χ0) is 15.4. The molecular formula is C16H18N2O3S. The van der Waals surface area contributed by atoms with E-state index >= 15 is 0 Å². The van der Waals surface area contributed by atoms with E-state index in [1.54, 1.807) is 11.3 Å². The van der Waals surface area contributed by atoms with E-state index in [0.29, 0.717) is 13.2 Å². The Hall–Kier alpha value is -1.92. The van der Waals surface area contributed by atoms with Crippen LogP contribution in [0.15, 0.2) is 35.7 Å². The van der Waals surface area contributed by atoms with Crippen molar-refractivity contribution in [1.29, 1.82) is 0 Å². The van der Waals surface area contributed by atoms with Gasteiger partial charge >= 0.3 is 5.97 Å². The van der Waals surface area contributed by atoms with Gasteiger partial charge < -0.3 is 9.84 Å². The fourth-order valence-electron chi connectivity index (χ4n) is 2.65. The van der Waals surface area contributed by atoms with E-state index in [2.05, 4.69) is 4.98 Å². The number of thiazole rings is 1. The number of aliphatic carboxylic acids is 1. The molecule has 0 bridgehead atoms. The van der Waals surface area contributed by atoms with E-state index in [4.69, 9.17) is 4.74 Å². The first kappa shape index (κ1) is 15.0. The summed E-state index contributed by atoms with van der Waals surface area (Å²) in [7, 11) is 0. The van der Waals surface area contributed by atoms with Crippen LogP contribution < -0.4 is 4.74 Å². The third kappa shape index (κ3) is 3.64. The summed E-state index contributed by atoms with van der Waals surface area (Å²) in [5.41, 5.74) is 0.921. The highest BCUT2D eigenvalue weighted by Gasteiger charge is 2.30. The zero-order valence-electron chi connectivity index (χ0n) is 12.1. The van der Waals surface area contributed by atoms with Crippen molar-refractivity contribution in [3.63, 3.8) is 0 Å². The second kappa shape index (κ2) is 6.89. The van der Waals surface area contributed by atoms with Gasteiger partial charge in [0.05, 0.1) is 5.69 Å². The van der Waals surface area contributed by atoms with Crippen LogP contribution in [0.4, 0.5) is 0 Å². The lowest BCUT2D eigenvalue weighted by Gasteiger charge is -2.19. The van der Waals surface area contributed by atoms with Crippen molar-refractivity contribution in [1.82, 2.24) is 9.88 Å². The van der Waals surface area contributed by atoms with Crippen LogP contribution in [0.2, 0.25) is 0 Å². The molecule has 1 fully saturated rings. The standard InChI is InChI=1S/C16H18N2O3S/c19-16(20)14-7-4-8-18(14)9-12-11-22-15(17-12)10-21-13-5-2-1-3-6-13/h1-3,5-6,11,14H,4,7-10H2,(H,19,20)/t14-/m1/s1. The van der Waals surface area contributed by atoms with Crippen LogP contribution in [-0.2, 0) is 17.9 Å².